The van der Waals surface area contributed by atoms with Crippen LogP contribution in [0.4, 0.5) is 0 Å². The largest absolute Gasteiger partial charge is 0.493 e. The number of nitrogens with two attached hydrogens (primary N) is 1. The minimum Gasteiger partial charge on any atom is -0.493 e. The summed E-state index contributed by atoms with van der Waals surface area (Å²) in [6, 6.07) is 1.79. The van der Waals surface area contributed by atoms with Crippen molar-refractivity contribution in [3.63, 3.8) is 0 Å². The maximum absolute atomic E-state index is 10.7. The molecule has 3 N–H and O–H groups in total. The van der Waals surface area contributed by atoms with E-state index < -0.39 is 12.0 Å². The molecular weight excluding hydrogens is 269 g/mol. The van der Waals surface area contributed by atoms with Crippen molar-refractivity contribution in [3.8, 4) is 11.5 Å². The second-order valence-corrected chi connectivity index (χ2v) is 3.46. The van der Waals surface area contributed by atoms with Crippen molar-refractivity contribution in [3.05, 3.63) is 22.7 Å². The summed E-state index contributed by atoms with van der Waals surface area (Å²) < 4.78 is 10.0. The van der Waals surface area contributed by atoms with E-state index in [9.17, 15) is 4.79 Å². The molecule has 0 aromatic heterocycles. The third-order valence-corrected chi connectivity index (χ3v) is 2.36. The van der Waals surface area contributed by atoms with Crippen LogP contribution >= 0.6 is 24.0 Å². The summed E-state index contributed by atoms with van der Waals surface area (Å²) in [5, 5.41) is 9.03. The summed E-state index contributed by atoms with van der Waals surface area (Å²) in [4.78, 5) is 10.7. The van der Waals surface area contributed by atoms with Crippen LogP contribution in [0.5, 0.6) is 11.5 Å². The maximum Gasteiger partial charge on any atom is 0.325 e. The van der Waals surface area contributed by atoms with Crippen molar-refractivity contribution in [1.82, 2.24) is 0 Å². The highest BCUT2D eigenvalue weighted by Crippen LogP contribution is 2.37. The van der Waals surface area contributed by atoms with Gasteiger partial charge in [-0.05, 0) is 17.7 Å². The van der Waals surface area contributed by atoms with Crippen LogP contribution in [0.3, 0.4) is 0 Å². The van der Waals surface area contributed by atoms with Crippen LogP contribution in [-0.4, -0.2) is 25.3 Å². The van der Waals surface area contributed by atoms with Gasteiger partial charge in [0.15, 0.2) is 11.5 Å². The molecule has 1 rings (SSSR count). The Hall–Kier alpha value is -1.17. The van der Waals surface area contributed by atoms with Gasteiger partial charge in [0, 0.05) is 0 Å². The molecule has 0 heterocycles. The Labute approximate surface area is 110 Å². The molecule has 0 aliphatic rings. The molecule has 1 atom stereocenters. The highest BCUT2D eigenvalue weighted by molar-refractivity contribution is 6.32. The molecule has 0 saturated heterocycles. The van der Waals surface area contributed by atoms with E-state index >= 15 is 0 Å². The molecular formula is C10H13Cl2NO4. The molecule has 0 spiro atoms. The van der Waals surface area contributed by atoms with Crippen molar-refractivity contribution in [2.75, 3.05) is 14.2 Å². The van der Waals surface area contributed by atoms with Crippen LogP contribution in [0.25, 0.3) is 0 Å². The lowest BCUT2D eigenvalue weighted by atomic mass is 10.1. The number of methoxy groups -OCH3 is 2. The van der Waals surface area contributed by atoms with Gasteiger partial charge in [0.05, 0.1) is 19.2 Å². The van der Waals surface area contributed by atoms with Gasteiger partial charge in [-0.3, -0.25) is 4.79 Å². The topological polar surface area (TPSA) is 81.8 Å². The first-order chi connectivity index (χ1) is 7.51. The summed E-state index contributed by atoms with van der Waals surface area (Å²) in [5.41, 5.74) is 5.82. The van der Waals surface area contributed by atoms with Crippen LogP contribution in [-0.2, 0) is 4.79 Å². The number of ether oxygens (including phenoxy) is 2. The number of halogens is 2. The number of carboxylic acid groups (broad SMARTS) is 1. The van der Waals surface area contributed by atoms with E-state index in [1.54, 1.807) is 0 Å². The standard InChI is InChI=1S/C10H12ClNO4.ClH/c1-15-7-4-5(8(12)10(13)14)3-6(11)9(7)16-2;/h3-4,8H,12H2,1-2H3,(H,13,14);1H. The van der Waals surface area contributed by atoms with Crippen LogP contribution in [0.1, 0.15) is 11.6 Å². The Morgan fingerprint density at radius 1 is 1.41 bits per heavy atom. The van der Waals surface area contributed by atoms with Crippen molar-refractivity contribution in [2.45, 2.75) is 6.04 Å². The molecule has 0 fully saturated rings. The lowest BCUT2D eigenvalue weighted by Gasteiger charge is -2.13. The summed E-state index contributed by atoms with van der Waals surface area (Å²) in [6.45, 7) is 0. The number of rotatable bonds is 4. The molecule has 0 radical (unpaired) electrons. The Morgan fingerprint density at radius 3 is 2.41 bits per heavy atom. The summed E-state index contributed by atoms with van der Waals surface area (Å²) in [7, 11) is 2.88. The quantitative estimate of drug-likeness (QED) is 0.880. The first-order valence-corrected chi connectivity index (χ1v) is 4.78. The minimum absolute atomic E-state index is 0. The van der Waals surface area contributed by atoms with Crippen LogP contribution < -0.4 is 15.2 Å². The fourth-order valence-electron chi connectivity index (χ4n) is 1.26. The first-order valence-electron chi connectivity index (χ1n) is 4.41. The number of carbonyl (C=O) groups is 1. The highest BCUT2D eigenvalue weighted by atomic mass is 35.5. The number of aliphatic carboxylic acids is 1. The van der Waals surface area contributed by atoms with Gasteiger partial charge in [-0.1, -0.05) is 11.6 Å². The van der Waals surface area contributed by atoms with Crippen molar-refractivity contribution < 1.29 is 19.4 Å². The van der Waals surface area contributed by atoms with Crippen LogP contribution in [0.2, 0.25) is 5.02 Å². The normalized spacial score (nSPS) is 11.3. The maximum atomic E-state index is 10.7. The van der Waals surface area contributed by atoms with Gasteiger partial charge in [-0.25, -0.2) is 0 Å². The monoisotopic (exact) mass is 281 g/mol. The molecule has 5 nitrogen and oxygen atoms in total. The molecule has 96 valence electrons. The summed E-state index contributed by atoms with van der Waals surface area (Å²) in [6.07, 6.45) is 0. The SMILES string of the molecule is COc1cc(C(N)C(=O)O)cc(Cl)c1OC.Cl. The molecule has 1 aromatic carbocycles. The van der Waals surface area contributed by atoms with Crippen LogP contribution in [0, 0.1) is 0 Å². The zero-order valence-electron chi connectivity index (χ0n) is 9.27. The Kier molecular flexibility index (Phi) is 6.09. The molecule has 0 saturated carbocycles. The fraction of sp³-hybridized carbons (Fsp3) is 0.300. The van der Waals surface area contributed by atoms with Gasteiger partial charge in [-0.2, -0.15) is 0 Å². The lowest BCUT2D eigenvalue weighted by Crippen LogP contribution is -2.20. The van der Waals surface area contributed by atoms with Crippen molar-refractivity contribution >= 4 is 30.0 Å². The second-order valence-electron chi connectivity index (χ2n) is 3.05. The van der Waals surface area contributed by atoms with E-state index in [1.165, 1.54) is 26.4 Å². The summed E-state index contributed by atoms with van der Waals surface area (Å²) in [5.74, 6) is -0.435. The van der Waals surface area contributed by atoms with E-state index in [4.69, 9.17) is 31.9 Å². The smallest absolute Gasteiger partial charge is 0.325 e. The minimum atomic E-state index is -1.14. The molecule has 1 unspecified atom stereocenters. The Bertz CT molecular complexity index is 412. The zero-order chi connectivity index (χ0) is 12.3. The average molecular weight is 282 g/mol. The third kappa shape index (κ3) is 3.39. The zero-order valence-corrected chi connectivity index (χ0v) is 10.8. The van der Waals surface area contributed by atoms with E-state index in [-0.39, 0.29) is 17.4 Å². The van der Waals surface area contributed by atoms with E-state index in [1.807, 2.05) is 0 Å². The highest BCUT2D eigenvalue weighted by Gasteiger charge is 2.19. The van der Waals surface area contributed by atoms with Gasteiger partial charge in [0.2, 0.25) is 0 Å². The van der Waals surface area contributed by atoms with Crippen LogP contribution in [0.15, 0.2) is 12.1 Å². The predicted molar refractivity (Wildman–Crippen MR) is 66.4 cm³/mol. The predicted octanol–water partition coefficient (Wildman–Crippen LogP) is 1.86. The van der Waals surface area contributed by atoms with Gasteiger partial charge >= 0.3 is 5.97 Å². The Morgan fingerprint density at radius 2 is 2.00 bits per heavy atom. The van der Waals surface area contributed by atoms with Crippen molar-refractivity contribution in [2.24, 2.45) is 5.73 Å². The molecule has 0 aliphatic carbocycles. The molecule has 1 aromatic rings. The summed E-state index contributed by atoms with van der Waals surface area (Å²) >= 11 is 5.91. The first kappa shape index (κ1) is 15.8. The Balaban J connectivity index is 0.00000256. The van der Waals surface area contributed by atoms with Gasteiger partial charge in [0.1, 0.15) is 6.04 Å². The molecule has 0 bridgehead atoms. The second kappa shape index (κ2) is 6.54. The fourth-order valence-corrected chi connectivity index (χ4v) is 1.56. The molecule has 0 amide bonds. The lowest BCUT2D eigenvalue weighted by molar-refractivity contribution is -0.138. The average Bonchev–Trinajstić information content (AvgIpc) is 2.26. The number of carboxylic acids is 1. The van der Waals surface area contributed by atoms with Gasteiger partial charge < -0.3 is 20.3 Å². The number of hydrogen-bond acceptors (Lipinski definition) is 4. The van der Waals surface area contributed by atoms with Gasteiger partial charge in [-0.15, -0.1) is 12.4 Å². The number of hydrogen-bond donors (Lipinski definition) is 2. The number of benzene rings is 1. The van der Waals surface area contributed by atoms with E-state index in [0.717, 1.165) is 0 Å². The van der Waals surface area contributed by atoms with E-state index in [2.05, 4.69) is 0 Å². The molecule has 17 heavy (non-hydrogen) atoms. The molecule has 7 heteroatoms. The van der Waals surface area contributed by atoms with Gasteiger partial charge in [0.25, 0.3) is 0 Å². The van der Waals surface area contributed by atoms with Crippen molar-refractivity contribution in [1.29, 1.82) is 0 Å². The third-order valence-electron chi connectivity index (χ3n) is 2.08. The van der Waals surface area contributed by atoms with E-state index in [0.29, 0.717) is 17.1 Å². The molecule has 0 aliphatic heterocycles.